The first-order valence-electron chi connectivity index (χ1n) is 4.58. The lowest BCUT2D eigenvalue weighted by Crippen LogP contribution is -2.27. The van der Waals surface area contributed by atoms with Gasteiger partial charge in [0.2, 0.25) is 0 Å². The molecule has 0 atom stereocenters. The summed E-state index contributed by atoms with van der Waals surface area (Å²) < 4.78 is 0. The molecule has 0 aromatic carbocycles. The van der Waals surface area contributed by atoms with Crippen LogP contribution in [0, 0.1) is 5.41 Å². The predicted molar refractivity (Wildman–Crippen MR) is 52.3 cm³/mol. The molecule has 0 fully saturated rings. The molecule has 2 nitrogen and oxygen atoms in total. The zero-order valence-corrected chi connectivity index (χ0v) is 8.98. The Morgan fingerprint density at radius 2 is 1.83 bits per heavy atom. The second kappa shape index (κ2) is 4.61. The summed E-state index contributed by atoms with van der Waals surface area (Å²) in [6.45, 7) is 6.96. The molecule has 0 aromatic rings. The highest BCUT2D eigenvalue weighted by atomic mass is 16.1. The van der Waals surface area contributed by atoms with Gasteiger partial charge in [-0.15, -0.1) is 0 Å². The molecule has 0 aliphatic heterocycles. The molecule has 72 valence electrons. The maximum atomic E-state index is 11.6. The number of ketones is 1. The summed E-state index contributed by atoms with van der Waals surface area (Å²) in [5.41, 5.74) is -0.129. The van der Waals surface area contributed by atoms with Gasteiger partial charge in [0.25, 0.3) is 0 Å². The molecule has 0 spiro atoms. The summed E-state index contributed by atoms with van der Waals surface area (Å²) in [5.74, 6) is 0.374. The number of carbonyl (C=O) groups is 1. The predicted octanol–water partition coefficient (Wildman–Crippen LogP) is 1.94. The van der Waals surface area contributed by atoms with Gasteiger partial charge < -0.3 is 4.90 Å². The number of rotatable bonds is 5. The zero-order valence-electron chi connectivity index (χ0n) is 8.98. The Morgan fingerprint density at radius 1 is 1.33 bits per heavy atom. The lowest BCUT2D eigenvalue weighted by molar-refractivity contribution is -0.127. The summed E-state index contributed by atoms with van der Waals surface area (Å²) in [5, 5.41) is 0. The topological polar surface area (TPSA) is 20.3 Å². The van der Waals surface area contributed by atoms with Crippen LogP contribution in [0.3, 0.4) is 0 Å². The Hall–Kier alpha value is -0.370. The van der Waals surface area contributed by atoms with Crippen LogP contribution in [0.15, 0.2) is 0 Å². The molecule has 0 aliphatic rings. The summed E-state index contributed by atoms with van der Waals surface area (Å²) in [7, 11) is 3.98. The molecule has 0 heterocycles. The van der Waals surface area contributed by atoms with Gasteiger partial charge in [-0.25, -0.2) is 0 Å². The smallest absolute Gasteiger partial charge is 0.139 e. The van der Waals surface area contributed by atoms with Crippen LogP contribution in [0.5, 0.6) is 0 Å². The Bertz CT molecular complexity index is 150. The molecule has 0 aromatic heterocycles. The SMILES string of the molecule is CCC(C)(C)C(=O)CCN(C)C. The number of nitrogens with zero attached hydrogens (tertiary/aromatic N) is 1. The first-order valence-corrected chi connectivity index (χ1v) is 4.58. The highest BCUT2D eigenvalue weighted by Gasteiger charge is 2.24. The van der Waals surface area contributed by atoms with Crippen LogP contribution in [0.25, 0.3) is 0 Å². The van der Waals surface area contributed by atoms with Gasteiger partial charge in [0.1, 0.15) is 5.78 Å². The molecule has 0 bridgehead atoms. The van der Waals surface area contributed by atoms with Crippen molar-refractivity contribution < 1.29 is 4.79 Å². The molecular formula is C10H21NO. The second-order valence-corrected chi connectivity index (χ2v) is 4.21. The van der Waals surface area contributed by atoms with Crippen molar-refractivity contribution in [3.8, 4) is 0 Å². The van der Waals surface area contributed by atoms with Crippen LogP contribution in [0.1, 0.15) is 33.6 Å². The molecule has 0 saturated carbocycles. The quantitative estimate of drug-likeness (QED) is 0.630. The first-order chi connectivity index (χ1) is 5.40. The van der Waals surface area contributed by atoms with Crippen LogP contribution in [0.4, 0.5) is 0 Å². The monoisotopic (exact) mass is 171 g/mol. The molecule has 0 radical (unpaired) electrons. The van der Waals surface area contributed by atoms with E-state index in [4.69, 9.17) is 0 Å². The van der Waals surface area contributed by atoms with Gasteiger partial charge in [-0.05, 0) is 20.5 Å². The van der Waals surface area contributed by atoms with Crippen molar-refractivity contribution in [3.63, 3.8) is 0 Å². The van der Waals surface area contributed by atoms with E-state index < -0.39 is 0 Å². The second-order valence-electron chi connectivity index (χ2n) is 4.21. The summed E-state index contributed by atoms with van der Waals surface area (Å²) in [4.78, 5) is 13.6. The maximum absolute atomic E-state index is 11.6. The minimum atomic E-state index is -0.129. The fourth-order valence-electron chi connectivity index (χ4n) is 0.861. The van der Waals surface area contributed by atoms with E-state index in [1.807, 2.05) is 32.8 Å². The highest BCUT2D eigenvalue weighted by molar-refractivity contribution is 5.84. The minimum Gasteiger partial charge on any atom is -0.309 e. The van der Waals surface area contributed by atoms with Crippen LogP contribution >= 0.6 is 0 Å². The zero-order chi connectivity index (χ0) is 9.78. The minimum absolute atomic E-state index is 0.129. The number of carbonyl (C=O) groups excluding carboxylic acids is 1. The standard InChI is InChI=1S/C10H21NO/c1-6-10(2,3)9(12)7-8-11(4)5/h6-8H2,1-5H3. The maximum Gasteiger partial charge on any atom is 0.139 e. The molecule has 0 rings (SSSR count). The Labute approximate surface area is 75.9 Å². The van der Waals surface area contributed by atoms with E-state index in [9.17, 15) is 4.79 Å². The van der Waals surface area contributed by atoms with E-state index in [-0.39, 0.29) is 5.41 Å². The van der Waals surface area contributed by atoms with Crippen molar-refractivity contribution in [2.24, 2.45) is 5.41 Å². The van der Waals surface area contributed by atoms with E-state index >= 15 is 0 Å². The molecule has 12 heavy (non-hydrogen) atoms. The summed E-state index contributed by atoms with van der Waals surface area (Å²) in [6, 6.07) is 0. The lowest BCUT2D eigenvalue weighted by atomic mass is 9.84. The van der Waals surface area contributed by atoms with Gasteiger partial charge in [0, 0.05) is 18.4 Å². The van der Waals surface area contributed by atoms with Crippen LogP contribution in [-0.2, 0) is 4.79 Å². The van der Waals surface area contributed by atoms with Crippen molar-refractivity contribution in [1.29, 1.82) is 0 Å². The Kier molecular flexibility index (Phi) is 4.46. The van der Waals surface area contributed by atoms with Crippen LogP contribution in [0.2, 0.25) is 0 Å². The normalized spacial score (nSPS) is 12.2. The van der Waals surface area contributed by atoms with E-state index in [0.717, 1.165) is 13.0 Å². The van der Waals surface area contributed by atoms with Crippen LogP contribution < -0.4 is 0 Å². The molecule has 2 heteroatoms. The fraction of sp³-hybridized carbons (Fsp3) is 0.900. The Morgan fingerprint density at radius 3 is 2.17 bits per heavy atom. The molecule has 0 unspecified atom stereocenters. The van der Waals surface area contributed by atoms with Crippen molar-refractivity contribution >= 4 is 5.78 Å². The first kappa shape index (κ1) is 11.6. The van der Waals surface area contributed by atoms with E-state index in [1.165, 1.54) is 0 Å². The molecule has 0 saturated heterocycles. The van der Waals surface area contributed by atoms with Gasteiger partial charge in [-0.2, -0.15) is 0 Å². The third-order valence-electron chi connectivity index (χ3n) is 2.42. The summed E-state index contributed by atoms with van der Waals surface area (Å²) in [6.07, 6.45) is 1.60. The van der Waals surface area contributed by atoms with Gasteiger partial charge >= 0.3 is 0 Å². The van der Waals surface area contributed by atoms with Gasteiger partial charge in [0.15, 0.2) is 0 Å². The molecular weight excluding hydrogens is 150 g/mol. The lowest BCUT2D eigenvalue weighted by Gasteiger charge is -2.21. The molecule has 0 aliphatic carbocycles. The summed E-state index contributed by atoms with van der Waals surface area (Å²) >= 11 is 0. The van der Waals surface area contributed by atoms with Gasteiger partial charge in [-0.3, -0.25) is 4.79 Å². The van der Waals surface area contributed by atoms with Crippen molar-refractivity contribution in [2.45, 2.75) is 33.6 Å². The number of hydrogen-bond acceptors (Lipinski definition) is 2. The van der Waals surface area contributed by atoms with Crippen molar-refractivity contribution in [1.82, 2.24) is 4.90 Å². The average Bonchev–Trinajstić information content (AvgIpc) is 2.00. The Balaban J connectivity index is 3.88. The van der Waals surface area contributed by atoms with E-state index in [2.05, 4.69) is 6.92 Å². The fourth-order valence-corrected chi connectivity index (χ4v) is 0.861. The van der Waals surface area contributed by atoms with Crippen molar-refractivity contribution in [3.05, 3.63) is 0 Å². The molecule has 0 amide bonds. The van der Waals surface area contributed by atoms with Gasteiger partial charge in [-0.1, -0.05) is 20.8 Å². The molecule has 0 N–H and O–H groups in total. The van der Waals surface area contributed by atoms with Crippen molar-refractivity contribution in [2.75, 3.05) is 20.6 Å². The van der Waals surface area contributed by atoms with Gasteiger partial charge in [0.05, 0.1) is 0 Å². The van der Waals surface area contributed by atoms with E-state index in [0.29, 0.717) is 12.2 Å². The third kappa shape index (κ3) is 3.86. The highest BCUT2D eigenvalue weighted by Crippen LogP contribution is 2.22. The van der Waals surface area contributed by atoms with Crippen LogP contribution in [-0.4, -0.2) is 31.3 Å². The largest absolute Gasteiger partial charge is 0.309 e. The number of Topliss-reactive ketones (excluding diaryl/α,β-unsaturated/α-hetero) is 1. The number of hydrogen-bond donors (Lipinski definition) is 0. The van der Waals surface area contributed by atoms with E-state index in [1.54, 1.807) is 0 Å². The average molecular weight is 171 g/mol. The third-order valence-corrected chi connectivity index (χ3v) is 2.42.